The molecule has 1 nitrogen and oxygen atoms in total. The van der Waals surface area contributed by atoms with Crippen LogP contribution in [0.15, 0.2) is 6.07 Å². The molecular weight excluding hydrogens is 220 g/mol. The maximum atomic E-state index is 13.6. The lowest BCUT2D eigenvalue weighted by molar-refractivity contribution is 0.436. The number of halogens is 3. The van der Waals surface area contributed by atoms with Gasteiger partial charge in [0.2, 0.25) is 0 Å². The van der Waals surface area contributed by atoms with E-state index in [0.717, 1.165) is 30.9 Å². The second kappa shape index (κ2) is 4.06. The predicted octanol–water partition coefficient (Wildman–Crippen LogP) is 3.22. The van der Waals surface area contributed by atoms with Gasteiger partial charge in [-0.3, -0.25) is 0 Å². The highest BCUT2D eigenvalue weighted by Crippen LogP contribution is 2.36. The zero-order chi connectivity index (χ0) is 11.0. The smallest absolute Gasteiger partial charge is 0.163 e. The van der Waals surface area contributed by atoms with E-state index in [1.165, 1.54) is 0 Å². The Hall–Kier alpha value is -0.670. The standard InChI is InChI=1S/C11H12ClF2N/c1-15-9-4-2-3-6-7(12)5-8(13)11(14)10(6)9/h5,9,15H,2-4H2,1H3. The number of fused-ring (bicyclic) bond motifs is 1. The van der Waals surface area contributed by atoms with Gasteiger partial charge in [0, 0.05) is 16.6 Å². The Labute approximate surface area is 92.4 Å². The summed E-state index contributed by atoms with van der Waals surface area (Å²) in [5.41, 5.74) is 1.16. The number of hydrogen-bond donors (Lipinski definition) is 1. The van der Waals surface area contributed by atoms with Gasteiger partial charge in [-0.05, 0) is 37.9 Å². The van der Waals surface area contributed by atoms with Crippen LogP contribution in [0.1, 0.15) is 30.0 Å². The lowest BCUT2D eigenvalue weighted by Gasteiger charge is -2.26. The number of benzene rings is 1. The van der Waals surface area contributed by atoms with Crippen molar-refractivity contribution in [3.63, 3.8) is 0 Å². The Morgan fingerprint density at radius 1 is 1.47 bits per heavy atom. The zero-order valence-electron chi connectivity index (χ0n) is 8.41. The van der Waals surface area contributed by atoms with Gasteiger partial charge in [0.25, 0.3) is 0 Å². The van der Waals surface area contributed by atoms with Crippen LogP contribution in [0.3, 0.4) is 0 Å². The highest BCUT2D eigenvalue weighted by molar-refractivity contribution is 6.31. The average Bonchev–Trinajstić information content (AvgIpc) is 2.25. The SMILES string of the molecule is CNC1CCCc2c(Cl)cc(F)c(F)c21. The molecule has 0 radical (unpaired) electrons. The van der Waals surface area contributed by atoms with Crippen molar-refractivity contribution in [3.05, 3.63) is 33.9 Å². The maximum Gasteiger partial charge on any atom is 0.163 e. The fraction of sp³-hybridized carbons (Fsp3) is 0.455. The maximum absolute atomic E-state index is 13.6. The largest absolute Gasteiger partial charge is 0.313 e. The molecule has 0 heterocycles. The number of rotatable bonds is 1. The number of nitrogens with one attached hydrogen (secondary N) is 1. The fourth-order valence-corrected chi connectivity index (χ4v) is 2.48. The van der Waals surface area contributed by atoms with E-state index in [1.54, 1.807) is 7.05 Å². The normalized spacial score (nSPS) is 20.1. The van der Waals surface area contributed by atoms with Crippen molar-refractivity contribution < 1.29 is 8.78 Å². The molecule has 4 heteroatoms. The van der Waals surface area contributed by atoms with E-state index in [1.807, 2.05) is 0 Å². The molecule has 0 saturated carbocycles. The molecule has 1 atom stereocenters. The molecular formula is C11H12ClF2N. The molecule has 1 aromatic rings. The van der Waals surface area contributed by atoms with Crippen LogP contribution in [-0.2, 0) is 6.42 Å². The summed E-state index contributed by atoms with van der Waals surface area (Å²) < 4.78 is 26.8. The first-order chi connectivity index (χ1) is 7.15. The molecule has 15 heavy (non-hydrogen) atoms. The second-order valence-corrected chi connectivity index (χ2v) is 4.19. The van der Waals surface area contributed by atoms with Gasteiger partial charge >= 0.3 is 0 Å². The molecule has 1 aliphatic rings. The van der Waals surface area contributed by atoms with Gasteiger partial charge in [-0.2, -0.15) is 0 Å². The summed E-state index contributed by atoms with van der Waals surface area (Å²) in [5.74, 6) is -1.62. The summed E-state index contributed by atoms with van der Waals surface area (Å²) in [7, 11) is 1.75. The van der Waals surface area contributed by atoms with Crippen molar-refractivity contribution in [2.75, 3.05) is 7.05 Å². The van der Waals surface area contributed by atoms with Crippen molar-refractivity contribution in [1.29, 1.82) is 0 Å². The third-order valence-electron chi connectivity index (χ3n) is 2.93. The van der Waals surface area contributed by atoms with Crippen molar-refractivity contribution in [2.24, 2.45) is 0 Å². The Morgan fingerprint density at radius 3 is 2.87 bits per heavy atom. The molecule has 2 rings (SSSR count). The Kier molecular flexibility index (Phi) is 2.94. The average molecular weight is 232 g/mol. The molecule has 0 fully saturated rings. The van der Waals surface area contributed by atoms with Gasteiger partial charge in [-0.15, -0.1) is 0 Å². The lowest BCUT2D eigenvalue weighted by atomic mass is 9.87. The van der Waals surface area contributed by atoms with Crippen LogP contribution in [0.4, 0.5) is 8.78 Å². The molecule has 0 spiro atoms. The third-order valence-corrected chi connectivity index (χ3v) is 3.27. The second-order valence-electron chi connectivity index (χ2n) is 3.78. The minimum absolute atomic E-state index is 0.123. The van der Waals surface area contributed by atoms with E-state index in [9.17, 15) is 8.78 Å². The quantitative estimate of drug-likeness (QED) is 0.732. The van der Waals surface area contributed by atoms with Crippen LogP contribution in [0.2, 0.25) is 5.02 Å². The summed E-state index contributed by atoms with van der Waals surface area (Å²) in [4.78, 5) is 0. The molecule has 1 aromatic carbocycles. The van der Waals surface area contributed by atoms with Crippen LogP contribution in [-0.4, -0.2) is 7.05 Å². The monoisotopic (exact) mass is 231 g/mol. The first kappa shape index (κ1) is 10.8. The molecule has 1 N–H and O–H groups in total. The van der Waals surface area contributed by atoms with Crippen LogP contribution < -0.4 is 5.32 Å². The van der Waals surface area contributed by atoms with E-state index < -0.39 is 11.6 Å². The molecule has 82 valence electrons. The van der Waals surface area contributed by atoms with E-state index in [2.05, 4.69) is 5.32 Å². The molecule has 0 aromatic heterocycles. The molecule has 1 unspecified atom stereocenters. The lowest BCUT2D eigenvalue weighted by Crippen LogP contribution is -2.23. The van der Waals surface area contributed by atoms with Gasteiger partial charge in [0.1, 0.15) is 0 Å². The van der Waals surface area contributed by atoms with Gasteiger partial charge in [-0.1, -0.05) is 11.6 Å². The molecule has 0 amide bonds. The Balaban J connectivity index is 2.62. The van der Waals surface area contributed by atoms with Crippen LogP contribution in [0, 0.1) is 11.6 Å². The molecule has 0 aliphatic heterocycles. The summed E-state index contributed by atoms with van der Waals surface area (Å²) >= 11 is 5.91. The molecule has 1 aliphatic carbocycles. The van der Waals surface area contributed by atoms with E-state index in [0.29, 0.717) is 10.6 Å². The zero-order valence-corrected chi connectivity index (χ0v) is 9.17. The highest BCUT2D eigenvalue weighted by atomic mass is 35.5. The van der Waals surface area contributed by atoms with Crippen molar-refractivity contribution in [2.45, 2.75) is 25.3 Å². The minimum atomic E-state index is -0.860. The highest BCUT2D eigenvalue weighted by Gasteiger charge is 2.26. The minimum Gasteiger partial charge on any atom is -0.313 e. The first-order valence-electron chi connectivity index (χ1n) is 4.98. The molecule has 0 bridgehead atoms. The summed E-state index contributed by atoms with van der Waals surface area (Å²) in [6.45, 7) is 0. The van der Waals surface area contributed by atoms with Crippen molar-refractivity contribution in [1.82, 2.24) is 5.32 Å². The summed E-state index contributed by atoms with van der Waals surface area (Å²) in [6, 6.07) is 0.940. The topological polar surface area (TPSA) is 12.0 Å². The van der Waals surface area contributed by atoms with Gasteiger partial charge in [0.15, 0.2) is 11.6 Å². The Bertz CT molecular complexity index is 393. The van der Waals surface area contributed by atoms with E-state index in [-0.39, 0.29) is 6.04 Å². The van der Waals surface area contributed by atoms with Crippen LogP contribution in [0.25, 0.3) is 0 Å². The molecule has 0 saturated heterocycles. The third kappa shape index (κ3) is 1.74. The summed E-state index contributed by atoms with van der Waals surface area (Å²) in [5, 5.41) is 3.33. The van der Waals surface area contributed by atoms with Gasteiger partial charge in [-0.25, -0.2) is 8.78 Å². The van der Waals surface area contributed by atoms with Gasteiger partial charge in [0.05, 0.1) is 0 Å². The van der Waals surface area contributed by atoms with Crippen molar-refractivity contribution in [3.8, 4) is 0 Å². The summed E-state index contributed by atoms with van der Waals surface area (Å²) in [6.07, 6.45) is 2.49. The van der Waals surface area contributed by atoms with E-state index in [4.69, 9.17) is 11.6 Å². The van der Waals surface area contributed by atoms with E-state index >= 15 is 0 Å². The van der Waals surface area contributed by atoms with Gasteiger partial charge < -0.3 is 5.32 Å². The van der Waals surface area contributed by atoms with Crippen molar-refractivity contribution >= 4 is 11.6 Å². The number of hydrogen-bond acceptors (Lipinski definition) is 1. The first-order valence-corrected chi connectivity index (χ1v) is 5.36. The van der Waals surface area contributed by atoms with Crippen LogP contribution in [0.5, 0.6) is 0 Å². The van der Waals surface area contributed by atoms with Crippen LogP contribution >= 0.6 is 11.6 Å². The fourth-order valence-electron chi connectivity index (χ4n) is 2.18. The Morgan fingerprint density at radius 2 is 2.20 bits per heavy atom. The predicted molar refractivity (Wildman–Crippen MR) is 56.1 cm³/mol.